The monoisotopic (exact) mass is 588 g/mol. The maximum atomic E-state index is 13.5. The Morgan fingerprint density at radius 3 is 2.50 bits per heavy atom. The quantitative estimate of drug-likeness (QED) is 0.139. The number of methoxy groups -OCH3 is 1. The number of aryl methyl sites for hydroxylation is 1. The fourth-order valence-corrected chi connectivity index (χ4v) is 5.70. The zero-order chi connectivity index (χ0) is 29.5. The first-order chi connectivity index (χ1) is 20.4. The molecule has 0 atom stereocenters. The van der Waals surface area contributed by atoms with Crippen molar-refractivity contribution in [2.45, 2.75) is 57.5 Å². The van der Waals surface area contributed by atoms with E-state index in [1.54, 1.807) is 31.6 Å². The predicted molar refractivity (Wildman–Crippen MR) is 160 cm³/mol. The summed E-state index contributed by atoms with van der Waals surface area (Å²) in [4.78, 5) is 35.0. The molecule has 1 aliphatic carbocycles. The molecule has 2 heterocycles. The van der Waals surface area contributed by atoms with E-state index in [2.05, 4.69) is 4.98 Å². The minimum absolute atomic E-state index is 0.0683. The molecule has 0 unspecified atom stereocenters. The van der Waals surface area contributed by atoms with Crippen molar-refractivity contribution < 1.29 is 14.5 Å². The Morgan fingerprint density at radius 1 is 1.10 bits per heavy atom. The van der Waals surface area contributed by atoms with E-state index in [1.807, 2.05) is 39.9 Å². The molecule has 0 aliphatic heterocycles. The molecule has 0 radical (unpaired) electrons. The topological polar surface area (TPSA) is 116 Å². The Kier molecular flexibility index (Phi) is 9.43. The average Bonchev–Trinajstić information content (AvgIpc) is 3.69. The number of hydrogen-bond donors (Lipinski definition) is 0. The highest BCUT2D eigenvalue weighted by Gasteiger charge is 2.27. The highest BCUT2D eigenvalue weighted by Crippen LogP contribution is 2.31. The van der Waals surface area contributed by atoms with Gasteiger partial charge in [0.25, 0.3) is 5.69 Å². The van der Waals surface area contributed by atoms with Crippen LogP contribution in [0.15, 0.2) is 67.0 Å². The van der Waals surface area contributed by atoms with E-state index in [9.17, 15) is 14.9 Å². The molecule has 1 fully saturated rings. The van der Waals surface area contributed by atoms with Crippen LogP contribution in [0.1, 0.15) is 44.1 Å². The van der Waals surface area contributed by atoms with Gasteiger partial charge in [0, 0.05) is 54.7 Å². The lowest BCUT2D eigenvalue weighted by Crippen LogP contribution is -2.41. The van der Waals surface area contributed by atoms with Crippen molar-refractivity contribution in [3.05, 3.63) is 87.7 Å². The van der Waals surface area contributed by atoms with Crippen molar-refractivity contribution in [2.24, 2.45) is 0 Å². The van der Waals surface area contributed by atoms with Crippen LogP contribution in [-0.2, 0) is 17.8 Å². The maximum Gasteiger partial charge on any atom is 0.269 e. The summed E-state index contributed by atoms with van der Waals surface area (Å²) < 4.78 is 7.17. The van der Waals surface area contributed by atoms with Crippen LogP contribution >= 0.6 is 11.6 Å². The van der Waals surface area contributed by atoms with Gasteiger partial charge in [0.2, 0.25) is 5.91 Å². The van der Waals surface area contributed by atoms with Gasteiger partial charge in [0.15, 0.2) is 11.6 Å². The molecular weight excluding hydrogens is 556 g/mol. The number of amides is 1. The minimum atomic E-state index is -0.406. The second kappa shape index (κ2) is 13.6. The molecule has 5 rings (SSSR count). The van der Waals surface area contributed by atoms with Crippen molar-refractivity contribution in [2.75, 3.05) is 13.7 Å². The summed E-state index contributed by atoms with van der Waals surface area (Å²) in [5.74, 6) is 1.92. The number of pyridine rings is 1. The standard InChI is InChI=1S/C31H33ClN6O4/c1-42-28-14-11-24(21-27(28)32)31-34-30(23-15-17-33-18-16-23)35-37(31)20-19-36(25-6-2-3-7-25)29(39)8-4-5-22-9-12-26(13-10-22)38(40)41/h9-18,21,25H,2-8,19-20H2,1H3. The Morgan fingerprint density at radius 2 is 1.83 bits per heavy atom. The van der Waals surface area contributed by atoms with E-state index < -0.39 is 4.92 Å². The summed E-state index contributed by atoms with van der Waals surface area (Å²) in [6.45, 7) is 0.985. The van der Waals surface area contributed by atoms with Crippen LogP contribution in [0, 0.1) is 10.1 Å². The Balaban J connectivity index is 1.33. The largest absolute Gasteiger partial charge is 0.495 e. The van der Waals surface area contributed by atoms with Crippen molar-refractivity contribution in [1.82, 2.24) is 24.6 Å². The molecule has 1 amide bonds. The van der Waals surface area contributed by atoms with Crippen LogP contribution < -0.4 is 4.74 Å². The van der Waals surface area contributed by atoms with Crippen LogP contribution in [0.25, 0.3) is 22.8 Å². The molecule has 0 bridgehead atoms. The van der Waals surface area contributed by atoms with E-state index in [-0.39, 0.29) is 17.6 Å². The highest BCUT2D eigenvalue weighted by atomic mass is 35.5. The zero-order valence-corrected chi connectivity index (χ0v) is 24.2. The smallest absolute Gasteiger partial charge is 0.269 e. The van der Waals surface area contributed by atoms with Crippen LogP contribution in [0.2, 0.25) is 5.02 Å². The SMILES string of the molecule is COc1ccc(-c2nc(-c3ccncc3)nn2CCN(C(=O)CCCc2ccc([N+](=O)[O-])cc2)C2CCCC2)cc1Cl. The van der Waals surface area contributed by atoms with Gasteiger partial charge in [0.1, 0.15) is 5.75 Å². The van der Waals surface area contributed by atoms with Gasteiger partial charge in [0.05, 0.1) is 23.6 Å². The number of non-ortho nitro benzene ring substituents is 1. The van der Waals surface area contributed by atoms with Crippen molar-refractivity contribution in [3.63, 3.8) is 0 Å². The first-order valence-corrected chi connectivity index (χ1v) is 14.5. The lowest BCUT2D eigenvalue weighted by Gasteiger charge is -2.29. The third kappa shape index (κ3) is 6.94. The molecule has 0 saturated heterocycles. The molecule has 1 saturated carbocycles. The Hall–Kier alpha value is -4.31. The van der Waals surface area contributed by atoms with Crippen molar-refractivity contribution >= 4 is 23.2 Å². The molecule has 11 heteroatoms. The summed E-state index contributed by atoms with van der Waals surface area (Å²) in [6.07, 6.45) is 9.39. The van der Waals surface area contributed by atoms with Crippen molar-refractivity contribution in [3.8, 4) is 28.5 Å². The Bertz CT molecular complexity index is 1520. The first kappa shape index (κ1) is 29.2. The summed E-state index contributed by atoms with van der Waals surface area (Å²) in [6, 6.07) is 16.0. The van der Waals surface area contributed by atoms with E-state index >= 15 is 0 Å². The van der Waals surface area contributed by atoms with Crippen LogP contribution in [-0.4, -0.2) is 55.2 Å². The number of halogens is 1. The lowest BCUT2D eigenvalue weighted by atomic mass is 10.1. The van der Waals surface area contributed by atoms with Gasteiger partial charge in [-0.1, -0.05) is 36.6 Å². The molecule has 2 aromatic carbocycles. The number of carbonyl (C=O) groups is 1. The van der Waals surface area contributed by atoms with Gasteiger partial charge >= 0.3 is 0 Å². The number of ether oxygens (including phenoxy) is 1. The first-order valence-electron chi connectivity index (χ1n) is 14.1. The van der Waals surface area contributed by atoms with Crippen LogP contribution in [0.3, 0.4) is 0 Å². The normalized spacial score (nSPS) is 13.3. The van der Waals surface area contributed by atoms with Gasteiger partial charge in [-0.2, -0.15) is 5.10 Å². The number of aromatic nitrogens is 4. The zero-order valence-electron chi connectivity index (χ0n) is 23.5. The number of carbonyl (C=O) groups excluding carboxylic acids is 1. The van der Waals surface area contributed by atoms with E-state index in [1.165, 1.54) is 12.1 Å². The Labute approximate surface area is 249 Å². The van der Waals surface area contributed by atoms with Crippen LogP contribution in [0.4, 0.5) is 5.69 Å². The summed E-state index contributed by atoms with van der Waals surface area (Å²) >= 11 is 6.45. The molecule has 218 valence electrons. The van der Waals surface area contributed by atoms with E-state index in [4.69, 9.17) is 26.4 Å². The maximum absolute atomic E-state index is 13.5. The van der Waals surface area contributed by atoms with E-state index in [0.29, 0.717) is 54.8 Å². The molecule has 42 heavy (non-hydrogen) atoms. The van der Waals surface area contributed by atoms with Gasteiger partial charge in [-0.15, -0.1) is 0 Å². The molecule has 1 aliphatic rings. The molecule has 0 spiro atoms. The fraction of sp³-hybridized carbons (Fsp3) is 0.355. The van der Waals surface area contributed by atoms with Gasteiger partial charge < -0.3 is 9.64 Å². The summed E-state index contributed by atoms with van der Waals surface area (Å²) in [5.41, 5.74) is 2.70. The van der Waals surface area contributed by atoms with Gasteiger partial charge in [-0.05, 0) is 61.6 Å². The second-order valence-electron chi connectivity index (χ2n) is 10.4. The second-order valence-corrected chi connectivity index (χ2v) is 10.8. The number of rotatable bonds is 12. The van der Waals surface area contributed by atoms with Gasteiger partial charge in [-0.3, -0.25) is 19.9 Å². The number of benzene rings is 2. The average molecular weight is 589 g/mol. The third-order valence-corrected chi connectivity index (χ3v) is 7.96. The molecule has 2 aromatic heterocycles. The highest BCUT2D eigenvalue weighted by molar-refractivity contribution is 6.32. The van der Waals surface area contributed by atoms with Crippen LogP contribution in [0.5, 0.6) is 5.75 Å². The molecule has 4 aromatic rings. The number of nitrogens with zero attached hydrogens (tertiary/aromatic N) is 6. The fourth-order valence-electron chi connectivity index (χ4n) is 5.44. The predicted octanol–water partition coefficient (Wildman–Crippen LogP) is 6.37. The third-order valence-electron chi connectivity index (χ3n) is 7.66. The summed E-state index contributed by atoms with van der Waals surface area (Å²) in [5, 5.41) is 16.2. The number of hydrogen-bond acceptors (Lipinski definition) is 7. The summed E-state index contributed by atoms with van der Waals surface area (Å²) in [7, 11) is 1.57. The van der Waals surface area contributed by atoms with E-state index in [0.717, 1.165) is 42.4 Å². The molecule has 0 N–H and O–H groups in total. The molecule has 10 nitrogen and oxygen atoms in total. The van der Waals surface area contributed by atoms with Crippen molar-refractivity contribution in [1.29, 1.82) is 0 Å². The lowest BCUT2D eigenvalue weighted by molar-refractivity contribution is -0.384. The minimum Gasteiger partial charge on any atom is -0.495 e. The van der Waals surface area contributed by atoms with Gasteiger partial charge in [-0.25, -0.2) is 9.67 Å². The number of nitro benzene ring substituents is 1. The number of nitro groups is 1. The molecular formula is C31H33ClN6O4.